The zero-order valence-corrected chi connectivity index (χ0v) is 24.2. The van der Waals surface area contributed by atoms with Gasteiger partial charge in [0.25, 0.3) is 10.1 Å². The molecule has 0 unspecified atom stereocenters. The van der Waals surface area contributed by atoms with Crippen LogP contribution in [0.25, 0.3) is 46.0 Å². The molecular weight excluding hydrogens is 605 g/mol. The van der Waals surface area contributed by atoms with Gasteiger partial charge in [0.2, 0.25) is 0 Å². The summed E-state index contributed by atoms with van der Waals surface area (Å²) in [5, 5.41) is 30.1. The van der Waals surface area contributed by atoms with Gasteiger partial charge in [-0.1, -0.05) is 90.0 Å². The lowest BCUT2D eigenvalue weighted by atomic mass is 10.1. The van der Waals surface area contributed by atoms with E-state index in [4.69, 9.17) is 9.59 Å². The van der Waals surface area contributed by atoms with Crippen LogP contribution in [0, 0.1) is 0 Å². The highest BCUT2D eigenvalue weighted by atomic mass is 32.2. The van der Waals surface area contributed by atoms with Gasteiger partial charge in [0, 0.05) is 16.0 Å². The fraction of sp³-hybridized carbons (Fsp3) is 0. The fourth-order valence-electron chi connectivity index (χ4n) is 4.35. The van der Waals surface area contributed by atoms with E-state index in [2.05, 4.69) is 25.4 Å². The van der Waals surface area contributed by atoms with Crippen molar-refractivity contribution in [3.8, 4) is 33.9 Å². The zero-order chi connectivity index (χ0) is 30.5. The molecule has 220 valence electrons. The maximum atomic E-state index is 12.4. The van der Waals surface area contributed by atoms with Crippen LogP contribution in [0.3, 0.4) is 0 Å². The minimum Gasteiger partial charge on any atom is -0.282 e. The maximum Gasteiger partial charge on any atom is 0.295 e. The molecule has 44 heavy (non-hydrogen) atoms. The molecular formula is C30H22N6O6S2. The van der Waals surface area contributed by atoms with E-state index in [-0.39, 0.29) is 10.5 Å². The van der Waals surface area contributed by atoms with E-state index in [1.807, 2.05) is 60.7 Å². The zero-order valence-electron chi connectivity index (χ0n) is 22.6. The highest BCUT2D eigenvalue weighted by Crippen LogP contribution is 2.30. The average Bonchev–Trinajstić information content (AvgIpc) is 3.75. The molecule has 6 aromatic rings. The Morgan fingerprint density at radius 2 is 1.23 bits per heavy atom. The van der Waals surface area contributed by atoms with Crippen molar-refractivity contribution in [2.24, 2.45) is 0 Å². The Bertz CT molecular complexity index is 2050. The molecule has 0 saturated heterocycles. The second kappa shape index (κ2) is 12.7. The summed E-state index contributed by atoms with van der Waals surface area (Å²) in [6.45, 7) is 0. The third-order valence-electron chi connectivity index (χ3n) is 6.45. The van der Waals surface area contributed by atoms with E-state index in [1.54, 1.807) is 42.7 Å². The number of aromatic nitrogens is 6. The predicted molar refractivity (Wildman–Crippen MR) is 163 cm³/mol. The number of rotatable bonds is 10. The summed E-state index contributed by atoms with van der Waals surface area (Å²) >= 11 is 0.724. The van der Waals surface area contributed by atoms with Gasteiger partial charge in [-0.3, -0.25) is 4.55 Å². The van der Waals surface area contributed by atoms with Crippen LogP contribution in [-0.4, -0.2) is 48.2 Å². The van der Waals surface area contributed by atoms with Gasteiger partial charge < -0.3 is 0 Å². The Hall–Kier alpha value is -4.96. The molecule has 0 fully saturated rings. The number of hydrogen-bond donors (Lipinski definition) is 2. The molecule has 0 aliphatic heterocycles. The summed E-state index contributed by atoms with van der Waals surface area (Å²) in [7, 11) is -4.62. The van der Waals surface area contributed by atoms with Crippen molar-refractivity contribution in [2.45, 2.75) is 9.79 Å². The Morgan fingerprint density at radius 3 is 1.77 bits per heavy atom. The van der Waals surface area contributed by atoms with Crippen molar-refractivity contribution in [3.63, 3.8) is 0 Å². The third-order valence-corrected chi connectivity index (χ3v) is 8.02. The van der Waals surface area contributed by atoms with Crippen LogP contribution >= 0.6 is 12.0 Å². The number of hydrogen-bond acceptors (Lipinski definition) is 10. The number of nitrogens with zero attached hydrogens (tertiary/aromatic N) is 6. The topological polar surface area (TPSA) is 154 Å². The predicted octanol–water partition coefficient (Wildman–Crippen LogP) is 6.03. The Kier molecular flexibility index (Phi) is 8.42. The lowest BCUT2D eigenvalue weighted by molar-refractivity contribution is -0.432. The summed E-state index contributed by atoms with van der Waals surface area (Å²) in [4.78, 5) is 2.89. The lowest BCUT2D eigenvalue weighted by Gasteiger charge is -2.08. The van der Waals surface area contributed by atoms with Crippen LogP contribution in [0.15, 0.2) is 119 Å². The summed E-state index contributed by atoms with van der Waals surface area (Å²) in [6.07, 6.45) is 6.36. The molecule has 12 nitrogen and oxygen atoms in total. The fourth-order valence-corrected chi connectivity index (χ4v) is 5.56. The number of benzene rings is 4. The molecule has 0 aliphatic carbocycles. The van der Waals surface area contributed by atoms with E-state index in [0.717, 1.165) is 23.2 Å². The second-order valence-corrected chi connectivity index (χ2v) is 11.4. The highest BCUT2D eigenvalue weighted by molar-refractivity contribution is 7.94. The smallest absolute Gasteiger partial charge is 0.282 e. The quantitative estimate of drug-likeness (QED) is 0.0602. The molecule has 2 N–H and O–H groups in total. The van der Waals surface area contributed by atoms with Crippen LogP contribution in [0.1, 0.15) is 11.1 Å². The monoisotopic (exact) mass is 626 g/mol. The van der Waals surface area contributed by atoms with Gasteiger partial charge in [-0.25, -0.2) is 5.26 Å². The minimum atomic E-state index is -4.62. The van der Waals surface area contributed by atoms with Crippen LogP contribution in [-0.2, 0) is 19.5 Å². The van der Waals surface area contributed by atoms with Crippen molar-refractivity contribution < 1.29 is 27.6 Å². The molecule has 2 aromatic heterocycles. The first-order valence-corrected chi connectivity index (χ1v) is 15.1. The van der Waals surface area contributed by atoms with E-state index in [0.29, 0.717) is 33.2 Å². The SMILES string of the molecule is O=S(=O)(O)c1cc(-n2ncc(-c3ccccc3)n2)ccc1/C=C/c1ccc(-n2ncc(-c3ccccc3)n2)cc1SOOO. The molecule has 0 aliphatic rings. The van der Waals surface area contributed by atoms with Crippen LogP contribution in [0.4, 0.5) is 0 Å². The Balaban J connectivity index is 1.31. The van der Waals surface area contributed by atoms with Gasteiger partial charge in [0.05, 0.1) is 35.8 Å². The Labute approximate surface area is 255 Å². The molecule has 0 spiro atoms. The summed E-state index contributed by atoms with van der Waals surface area (Å²) < 4.78 is 39.5. The van der Waals surface area contributed by atoms with E-state index in [9.17, 15) is 13.0 Å². The molecule has 0 saturated carbocycles. The van der Waals surface area contributed by atoms with Gasteiger partial charge in [-0.05, 0) is 35.4 Å². The second-order valence-electron chi connectivity index (χ2n) is 9.25. The van der Waals surface area contributed by atoms with Crippen LogP contribution in [0.2, 0.25) is 0 Å². The third kappa shape index (κ3) is 6.50. The summed E-state index contributed by atoms with van der Waals surface area (Å²) in [5.74, 6) is 0. The van der Waals surface area contributed by atoms with Gasteiger partial charge in [0.1, 0.15) is 16.3 Å². The largest absolute Gasteiger partial charge is 0.295 e. The normalized spacial score (nSPS) is 11.8. The van der Waals surface area contributed by atoms with Gasteiger partial charge in [-0.2, -0.15) is 28.2 Å². The van der Waals surface area contributed by atoms with Crippen LogP contribution < -0.4 is 0 Å². The molecule has 2 heterocycles. The first kappa shape index (κ1) is 29.1. The molecule has 4 aromatic carbocycles. The first-order chi connectivity index (χ1) is 21.4. The van der Waals surface area contributed by atoms with Gasteiger partial charge in [0.15, 0.2) is 0 Å². The Morgan fingerprint density at radius 1 is 0.705 bits per heavy atom. The summed E-state index contributed by atoms with van der Waals surface area (Å²) in [5.41, 5.74) is 4.78. The van der Waals surface area contributed by atoms with Crippen molar-refractivity contribution in [1.82, 2.24) is 30.0 Å². The van der Waals surface area contributed by atoms with E-state index in [1.165, 1.54) is 27.8 Å². The van der Waals surface area contributed by atoms with Gasteiger partial charge >= 0.3 is 0 Å². The molecule has 6 rings (SSSR count). The highest BCUT2D eigenvalue weighted by Gasteiger charge is 2.17. The first-order valence-electron chi connectivity index (χ1n) is 12.9. The molecule has 0 amide bonds. The lowest BCUT2D eigenvalue weighted by Crippen LogP contribution is -2.05. The molecule has 0 radical (unpaired) electrons. The van der Waals surface area contributed by atoms with E-state index >= 15 is 0 Å². The van der Waals surface area contributed by atoms with Crippen molar-refractivity contribution >= 4 is 34.3 Å². The van der Waals surface area contributed by atoms with E-state index < -0.39 is 10.1 Å². The molecule has 0 atom stereocenters. The van der Waals surface area contributed by atoms with Crippen LogP contribution in [0.5, 0.6) is 0 Å². The average molecular weight is 627 g/mol. The van der Waals surface area contributed by atoms with Gasteiger partial charge in [-0.15, -0.1) is 14.5 Å². The minimum absolute atomic E-state index is 0.215. The molecule has 0 bridgehead atoms. The van der Waals surface area contributed by atoms with Crippen molar-refractivity contribution in [2.75, 3.05) is 0 Å². The van der Waals surface area contributed by atoms with Crippen molar-refractivity contribution in [3.05, 3.63) is 121 Å². The maximum absolute atomic E-state index is 12.4. The molecule has 14 heteroatoms. The summed E-state index contributed by atoms with van der Waals surface area (Å²) in [6, 6.07) is 28.7. The van der Waals surface area contributed by atoms with Crippen molar-refractivity contribution in [1.29, 1.82) is 0 Å². The standard InChI is InChI=1S/C30H22N6O6S2/c37-41-42-43-29-17-25(35-31-19-27(33-35)21-7-3-1-4-8-21)15-13-23(29)11-12-24-14-16-26(18-30(24)44(38,39)40)36-32-20-28(34-36)22-9-5-2-6-10-22/h1-20,37H,(H,38,39,40)/b12-11+.